The molecule has 0 unspecified atom stereocenters. The van der Waals surface area contributed by atoms with Gasteiger partial charge in [-0.25, -0.2) is 4.39 Å². The average Bonchev–Trinajstić information content (AvgIpc) is 2.45. The van der Waals surface area contributed by atoms with E-state index in [1.54, 1.807) is 12.1 Å². The molecule has 1 saturated heterocycles. The first-order valence-corrected chi connectivity index (χ1v) is 7.60. The van der Waals surface area contributed by atoms with E-state index >= 15 is 0 Å². The second-order valence-corrected chi connectivity index (χ2v) is 6.24. The van der Waals surface area contributed by atoms with Gasteiger partial charge in [0.25, 0.3) is 0 Å². The van der Waals surface area contributed by atoms with Crippen molar-refractivity contribution in [2.75, 3.05) is 20.1 Å². The number of rotatable bonds is 4. The minimum absolute atomic E-state index is 0.0454. The lowest BCUT2D eigenvalue weighted by atomic mass is 9.85. The van der Waals surface area contributed by atoms with Crippen molar-refractivity contribution >= 4 is 15.9 Å². The van der Waals surface area contributed by atoms with Crippen LogP contribution in [0.15, 0.2) is 22.7 Å². The molecule has 2 rings (SSSR count). The minimum Gasteiger partial charge on any atom is -0.313 e. The maximum atomic E-state index is 13.5. The molecule has 0 atom stereocenters. The standard InChI is InChI=1S/C15H19BrFN3/c1-19-15(4-7-18)5-8-20(9-6-15)11-12-2-3-13(16)14(17)10-12/h2-3,10,19H,4-6,8-9,11H2,1H3. The van der Waals surface area contributed by atoms with Crippen molar-refractivity contribution in [3.05, 3.63) is 34.1 Å². The Labute approximate surface area is 127 Å². The number of hydrogen-bond donors (Lipinski definition) is 1. The number of nitrogens with one attached hydrogen (secondary N) is 1. The Kier molecular flexibility index (Phi) is 5.14. The Balaban J connectivity index is 1.94. The van der Waals surface area contributed by atoms with Crippen LogP contribution < -0.4 is 5.32 Å². The summed E-state index contributed by atoms with van der Waals surface area (Å²) in [5, 5.41) is 12.2. The van der Waals surface area contributed by atoms with Gasteiger partial charge >= 0.3 is 0 Å². The van der Waals surface area contributed by atoms with Crippen LogP contribution in [0.1, 0.15) is 24.8 Å². The van der Waals surface area contributed by atoms with Crippen molar-refractivity contribution in [1.82, 2.24) is 10.2 Å². The molecule has 1 aromatic rings. The molecule has 1 fully saturated rings. The van der Waals surface area contributed by atoms with Crippen LogP contribution in [0.25, 0.3) is 0 Å². The number of hydrogen-bond acceptors (Lipinski definition) is 3. The number of likely N-dealkylation sites (tertiary alicyclic amines) is 1. The second-order valence-electron chi connectivity index (χ2n) is 5.39. The quantitative estimate of drug-likeness (QED) is 0.916. The van der Waals surface area contributed by atoms with Gasteiger partial charge in [0, 0.05) is 25.2 Å². The Bertz CT molecular complexity index is 504. The van der Waals surface area contributed by atoms with Gasteiger partial charge in [0.2, 0.25) is 0 Å². The Morgan fingerprint density at radius 3 is 2.70 bits per heavy atom. The van der Waals surface area contributed by atoms with Crippen LogP contribution >= 0.6 is 15.9 Å². The number of benzene rings is 1. The van der Waals surface area contributed by atoms with Crippen LogP contribution in [0.4, 0.5) is 4.39 Å². The summed E-state index contributed by atoms with van der Waals surface area (Å²) in [6.45, 7) is 2.62. The van der Waals surface area contributed by atoms with Gasteiger partial charge in [0.1, 0.15) is 5.82 Å². The highest BCUT2D eigenvalue weighted by Gasteiger charge is 2.32. The van der Waals surface area contributed by atoms with Gasteiger partial charge in [-0.1, -0.05) is 6.07 Å². The highest BCUT2D eigenvalue weighted by Crippen LogP contribution is 2.26. The average molecular weight is 340 g/mol. The molecule has 3 nitrogen and oxygen atoms in total. The first kappa shape index (κ1) is 15.4. The van der Waals surface area contributed by atoms with E-state index in [1.165, 1.54) is 0 Å². The van der Waals surface area contributed by atoms with Crippen LogP contribution in [0.5, 0.6) is 0 Å². The summed E-state index contributed by atoms with van der Waals surface area (Å²) in [7, 11) is 1.93. The van der Waals surface area contributed by atoms with Gasteiger partial charge in [0.15, 0.2) is 0 Å². The van der Waals surface area contributed by atoms with Crippen LogP contribution in [-0.4, -0.2) is 30.6 Å². The summed E-state index contributed by atoms with van der Waals surface area (Å²) < 4.78 is 14.0. The summed E-state index contributed by atoms with van der Waals surface area (Å²) in [5.41, 5.74) is 0.943. The molecule has 0 spiro atoms. The van der Waals surface area contributed by atoms with Crippen molar-refractivity contribution in [2.45, 2.75) is 31.3 Å². The number of nitriles is 1. The lowest BCUT2D eigenvalue weighted by Crippen LogP contribution is -2.51. The largest absolute Gasteiger partial charge is 0.313 e. The van der Waals surface area contributed by atoms with E-state index < -0.39 is 0 Å². The van der Waals surface area contributed by atoms with Crippen molar-refractivity contribution < 1.29 is 4.39 Å². The summed E-state index contributed by atoms with van der Waals surface area (Å²) in [6, 6.07) is 7.55. The minimum atomic E-state index is -0.214. The predicted molar refractivity (Wildman–Crippen MR) is 80.6 cm³/mol. The smallest absolute Gasteiger partial charge is 0.137 e. The summed E-state index contributed by atoms with van der Waals surface area (Å²) in [6.07, 6.45) is 2.45. The molecule has 1 aliphatic rings. The SMILES string of the molecule is CNC1(CC#N)CCN(Cc2ccc(Br)c(F)c2)CC1. The molecular formula is C15H19BrFN3. The molecule has 20 heavy (non-hydrogen) atoms. The zero-order valence-electron chi connectivity index (χ0n) is 11.6. The van der Waals surface area contributed by atoms with Crippen LogP contribution in [0.3, 0.4) is 0 Å². The summed E-state index contributed by atoms with van der Waals surface area (Å²) in [5.74, 6) is -0.214. The van der Waals surface area contributed by atoms with Crippen molar-refractivity contribution in [1.29, 1.82) is 5.26 Å². The van der Waals surface area contributed by atoms with Crippen molar-refractivity contribution in [3.63, 3.8) is 0 Å². The topological polar surface area (TPSA) is 39.1 Å². The first-order valence-electron chi connectivity index (χ1n) is 6.81. The van der Waals surface area contributed by atoms with Gasteiger partial charge in [0.05, 0.1) is 17.0 Å². The van der Waals surface area contributed by atoms with Crippen molar-refractivity contribution in [2.24, 2.45) is 0 Å². The highest BCUT2D eigenvalue weighted by molar-refractivity contribution is 9.10. The van der Waals surface area contributed by atoms with E-state index in [9.17, 15) is 4.39 Å². The highest BCUT2D eigenvalue weighted by atomic mass is 79.9. The fraction of sp³-hybridized carbons (Fsp3) is 0.533. The normalized spacial score (nSPS) is 18.7. The fourth-order valence-electron chi connectivity index (χ4n) is 2.70. The Morgan fingerprint density at radius 1 is 1.45 bits per heavy atom. The first-order chi connectivity index (χ1) is 9.58. The molecule has 1 N–H and O–H groups in total. The second kappa shape index (κ2) is 6.66. The molecule has 0 radical (unpaired) electrons. The van der Waals surface area contributed by atoms with E-state index in [-0.39, 0.29) is 11.4 Å². The van der Waals surface area contributed by atoms with E-state index in [0.29, 0.717) is 10.9 Å². The molecule has 1 aliphatic heterocycles. The zero-order chi connectivity index (χ0) is 14.6. The van der Waals surface area contributed by atoms with Gasteiger partial charge in [-0.3, -0.25) is 4.90 Å². The van der Waals surface area contributed by atoms with Gasteiger partial charge in [-0.05, 0) is 53.5 Å². The molecule has 108 valence electrons. The van der Waals surface area contributed by atoms with E-state index in [4.69, 9.17) is 5.26 Å². The lowest BCUT2D eigenvalue weighted by molar-refractivity contribution is 0.137. The third-order valence-corrected chi connectivity index (χ3v) is 4.79. The lowest BCUT2D eigenvalue weighted by Gasteiger charge is -2.40. The van der Waals surface area contributed by atoms with Gasteiger partial charge in [-0.15, -0.1) is 0 Å². The third kappa shape index (κ3) is 3.57. The summed E-state index contributed by atoms with van der Waals surface area (Å²) in [4.78, 5) is 2.32. The Hall–Kier alpha value is -0.960. The molecule has 5 heteroatoms. The third-order valence-electron chi connectivity index (χ3n) is 4.15. The van der Waals surface area contributed by atoms with E-state index in [2.05, 4.69) is 32.2 Å². The maximum Gasteiger partial charge on any atom is 0.137 e. The Morgan fingerprint density at radius 2 is 2.15 bits per heavy atom. The monoisotopic (exact) mass is 339 g/mol. The van der Waals surface area contributed by atoms with Gasteiger partial charge < -0.3 is 5.32 Å². The van der Waals surface area contributed by atoms with E-state index in [0.717, 1.165) is 38.0 Å². The molecular weight excluding hydrogens is 321 g/mol. The van der Waals surface area contributed by atoms with Crippen molar-refractivity contribution in [3.8, 4) is 6.07 Å². The summed E-state index contributed by atoms with van der Waals surface area (Å²) >= 11 is 3.17. The zero-order valence-corrected chi connectivity index (χ0v) is 13.2. The molecule has 0 bridgehead atoms. The molecule has 0 aromatic heterocycles. The molecule has 0 aliphatic carbocycles. The number of nitrogens with zero attached hydrogens (tertiary/aromatic N) is 2. The van der Waals surface area contributed by atoms with E-state index in [1.807, 2.05) is 13.1 Å². The van der Waals surface area contributed by atoms with Crippen LogP contribution in [0, 0.1) is 17.1 Å². The number of halogens is 2. The fourth-order valence-corrected chi connectivity index (χ4v) is 2.95. The maximum absolute atomic E-state index is 13.5. The number of piperidine rings is 1. The molecule has 0 saturated carbocycles. The van der Waals surface area contributed by atoms with Crippen LogP contribution in [0.2, 0.25) is 0 Å². The molecule has 1 heterocycles. The predicted octanol–water partition coefficient (Wildman–Crippen LogP) is 3.06. The van der Waals surface area contributed by atoms with Gasteiger partial charge in [-0.2, -0.15) is 5.26 Å². The molecule has 0 amide bonds. The molecule has 1 aromatic carbocycles. The van der Waals surface area contributed by atoms with Crippen LogP contribution in [-0.2, 0) is 6.54 Å².